The summed E-state index contributed by atoms with van der Waals surface area (Å²) in [4.78, 5) is 0. The average Bonchev–Trinajstić information content (AvgIpc) is 2.28. The lowest BCUT2D eigenvalue weighted by Crippen LogP contribution is -2.33. The van der Waals surface area contributed by atoms with Crippen molar-refractivity contribution in [2.75, 3.05) is 6.54 Å². The second kappa shape index (κ2) is 5.94. The Balaban J connectivity index is 2.93. The third-order valence-corrected chi connectivity index (χ3v) is 2.96. The van der Waals surface area contributed by atoms with Crippen molar-refractivity contribution in [3.8, 4) is 0 Å². The predicted molar refractivity (Wildman–Crippen MR) is 62.5 cm³/mol. The minimum Gasteiger partial charge on any atom is -0.314 e. The Bertz CT molecular complexity index is 339. The Hall–Kier alpha value is -0.960. The van der Waals surface area contributed by atoms with Crippen molar-refractivity contribution < 1.29 is 8.78 Å². The molecule has 0 aliphatic rings. The maximum Gasteiger partial charge on any atom is 0.126 e. The Kier molecular flexibility index (Phi) is 4.87. The van der Waals surface area contributed by atoms with Gasteiger partial charge in [0.05, 0.1) is 0 Å². The van der Waals surface area contributed by atoms with Crippen molar-refractivity contribution in [2.45, 2.75) is 39.2 Å². The molecule has 0 aliphatic heterocycles. The number of halogens is 2. The maximum absolute atomic E-state index is 13.6. The number of hydrogen-bond acceptors (Lipinski definition) is 1. The van der Waals surface area contributed by atoms with Gasteiger partial charge in [0, 0.05) is 6.04 Å². The quantitative estimate of drug-likeness (QED) is 0.812. The summed E-state index contributed by atoms with van der Waals surface area (Å²) < 4.78 is 26.6. The van der Waals surface area contributed by atoms with E-state index in [0.29, 0.717) is 5.56 Å². The molecule has 3 heteroatoms. The van der Waals surface area contributed by atoms with E-state index in [9.17, 15) is 8.78 Å². The van der Waals surface area contributed by atoms with Gasteiger partial charge in [0.25, 0.3) is 0 Å². The number of benzene rings is 1. The smallest absolute Gasteiger partial charge is 0.126 e. The van der Waals surface area contributed by atoms with Crippen molar-refractivity contribution in [3.63, 3.8) is 0 Å². The summed E-state index contributed by atoms with van der Waals surface area (Å²) in [6.45, 7) is 6.81. The predicted octanol–water partition coefficient (Wildman–Crippen LogP) is 3.46. The molecule has 2 unspecified atom stereocenters. The molecular weight excluding hydrogens is 208 g/mol. The highest BCUT2D eigenvalue weighted by atomic mass is 19.1. The summed E-state index contributed by atoms with van der Waals surface area (Å²) in [6, 6.07) is 3.82. The van der Waals surface area contributed by atoms with Crippen molar-refractivity contribution in [2.24, 2.45) is 0 Å². The van der Waals surface area contributed by atoms with Gasteiger partial charge in [-0.25, -0.2) is 8.78 Å². The molecule has 0 radical (unpaired) electrons. The maximum atomic E-state index is 13.6. The first kappa shape index (κ1) is 13.1. The lowest BCUT2D eigenvalue weighted by atomic mass is 9.91. The summed E-state index contributed by atoms with van der Waals surface area (Å²) in [5.41, 5.74) is 0.452. The molecule has 0 spiro atoms. The van der Waals surface area contributed by atoms with Crippen LogP contribution in [0.4, 0.5) is 8.78 Å². The van der Waals surface area contributed by atoms with Gasteiger partial charge in [0.15, 0.2) is 0 Å². The molecule has 0 bridgehead atoms. The van der Waals surface area contributed by atoms with E-state index in [2.05, 4.69) is 5.32 Å². The van der Waals surface area contributed by atoms with E-state index in [1.165, 1.54) is 12.1 Å². The number of rotatable bonds is 5. The average molecular weight is 227 g/mol. The normalized spacial score (nSPS) is 14.8. The lowest BCUT2D eigenvalue weighted by molar-refractivity contribution is 0.434. The summed E-state index contributed by atoms with van der Waals surface area (Å²) in [6.07, 6.45) is 0.894. The van der Waals surface area contributed by atoms with E-state index < -0.39 is 0 Å². The molecule has 0 saturated carbocycles. The highest BCUT2D eigenvalue weighted by molar-refractivity contribution is 5.23. The Morgan fingerprint density at radius 3 is 2.50 bits per heavy atom. The molecule has 1 aromatic carbocycles. The van der Waals surface area contributed by atoms with Gasteiger partial charge in [-0.2, -0.15) is 0 Å². The fourth-order valence-electron chi connectivity index (χ4n) is 2.02. The molecule has 2 atom stereocenters. The second-order valence-electron chi connectivity index (χ2n) is 4.03. The molecule has 1 aromatic rings. The zero-order valence-electron chi connectivity index (χ0n) is 10.1. The minimum atomic E-state index is -0.380. The van der Waals surface area contributed by atoms with Gasteiger partial charge in [0.2, 0.25) is 0 Å². The van der Waals surface area contributed by atoms with E-state index in [4.69, 9.17) is 0 Å². The summed E-state index contributed by atoms with van der Waals surface area (Å²) in [7, 11) is 0. The SMILES string of the molecule is CCNC(CC)C(C)c1cc(F)ccc1F. The van der Waals surface area contributed by atoms with Crippen LogP contribution in [-0.4, -0.2) is 12.6 Å². The van der Waals surface area contributed by atoms with Gasteiger partial charge in [-0.1, -0.05) is 20.8 Å². The largest absolute Gasteiger partial charge is 0.314 e. The van der Waals surface area contributed by atoms with Crippen LogP contribution in [0.25, 0.3) is 0 Å². The van der Waals surface area contributed by atoms with Crippen LogP contribution in [0, 0.1) is 11.6 Å². The summed E-state index contributed by atoms with van der Waals surface area (Å²) >= 11 is 0. The first-order valence-electron chi connectivity index (χ1n) is 5.78. The van der Waals surface area contributed by atoms with Crippen LogP contribution in [-0.2, 0) is 0 Å². The van der Waals surface area contributed by atoms with Crippen molar-refractivity contribution in [1.29, 1.82) is 0 Å². The molecule has 0 amide bonds. The minimum absolute atomic E-state index is 0.0272. The first-order valence-corrected chi connectivity index (χ1v) is 5.78. The van der Waals surface area contributed by atoms with Crippen LogP contribution in [0.15, 0.2) is 18.2 Å². The first-order chi connectivity index (χ1) is 7.60. The van der Waals surface area contributed by atoms with E-state index in [1.807, 2.05) is 20.8 Å². The van der Waals surface area contributed by atoms with Gasteiger partial charge in [-0.3, -0.25) is 0 Å². The molecule has 16 heavy (non-hydrogen) atoms. The van der Waals surface area contributed by atoms with E-state index in [1.54, 1.807) is 0 Å². The molecule has 0 fully saturated rings. The highest BCUT2D eigenvalue weighted by Crippen LogP contribution is 2.24. The van der Waals surface area contributed by atoms with Gasteiger partial charge in [-0.15, -0.1) is 0 Å². The molecular formula is C13H19F2N. The highest BCUT2D eigenvalue weighted by Gasteiger charge is 2.19. The summed E-state index contributed by atoms with van der Waals surface area (Å²) in [5, 5.41) is 3.29. The fraction of sp³-hybridized carbons (Fsp3) is 0.538. The van der Waals surface area contributed by atoms with Crippen molar-refractivity contribution in [3.05, 3.63) is 35.4 Å². The number of likely N-dealkylation sites (N-methyl/N-ethyl adjacent to an activating group) is 1. The molecule has 1 N–H and O–H groups in total. The third-order valence-electron chi connectivity index (χ3n) is 2.96. The van der Waals surface area contributed by atoms with E-state index >= 15 is 0 Å². The molecule has 1 rings (SSSR count). The van der Waals surface area contributed by atoms with Crippen LogP contribution < -0.4 is 5.32 Å². The van der Waals surface area contributed by atoms with Crippen LogP contribution in [0.1, 0.15) is 38.7 Å². The lowest BCUT2D eigenvalue weighted by Gasteiger charge is -2.24. The van der Waals surface area contributed by atoms with Crippen molar-refractivity contribution >= 4 is 0 Å². The van der Waals surface area contributed by atoms with Gasteiger partial charge < -0.3 is 5.32 Å². The fourth-order valence-corrected chi connectivity index (χ4v) is 2.02. The molecule has 90 valence electrons. The molecule has 0 saturated heterocycles. The third kappa shape index (κ3) is 3.01. The van der Waals surface area contributed by atoms with Gasteiger partial charge >= 0.3 is 0 Å². The van der Waals surface area contributed by atoms with Crippen LogP contribution in [0.3, 0.4) is 0 Å². The Morgan fingerprint density at radius 1 is 1.25 bits per heavy atom. The molecule has 0 heterocycles. The van der Waals surface area contributed by atoms with E-state index in [-0.39, 0.29) is 23.6 Å². The standard InChI is InChI=1S/C13H19F2N/c1-4-13(16-5-2)9(3)11-8-10(14)6-7-12(11)15/h6-9,13,16H,4-5H2,1-3H3. The monoisotopic (exact) mass is 227 g/mol. The Labute approximate surface area is 95.9 Å². The van der Waals surface area contributed by atoms with Gasteiger partial charge in [0.1, 0.15) is 11.6 Å². The molecule has 0 aliphatic carbocycles. The topological polar surface area (TPSA) is 12.0 Å². The van der Waals surface area contributed by atoms with Crippen LogP contribution in [0.5, 0.6) is 0 Å². The molecule has 1 nitrogen and oxygen atoms in total. The zero-order chi connectivity index (χ0) is 12.1. The van der Waals surface area contributed by atoms with E-state index in [0.717, 1.165) is 19.0 Å². The number of hydrogen-bond donors (Lipinski definition) is 1. The zero-order valence-corrected chi connectivity index (χ0v) is 10.1. The summed E-state index contributed by atoms with van der Waals surface area (Å²) in [5.74, 6) is -0.736. The second-order valence-corrected chi connectivity index (χ2v) is 4.03. The number of nitrogens with one attached hydrogen (secondary N) is 1. The van der Waals surface area contributed by atoms with Gasteiger partial charge in [-0.05, 0) is 42.6 Å². The van der Waals surface area contributed by atoms with Crippen molar-refractivity contribution in [1.82, 2.24) is 5.32 Å². The molecule has 0 aromatic heterocycles. The van der Waals surface area contributed by atoms with Crippen LogP contribution in [0.2, 0.25) is 0 Å². The Morgan fingerprint density at radius 2 is 1.94 bits per heavy atom. The van der Waals surface area contributed by atoms with Crippen LogP contribution >= 0.6 is 0 Å².